The van der Waals surface area contributed by atoms with Crippen molar-refractivity contribution >= 4 is 11.4 Å². The number of epoxide rings is 4. The molecule has 7 nitrogen and oxygen atoms in total. The molecule has 4 unspecified atom stereocenters. The van der Waals surface area contributed by atoms with Gasteiger partial charge in [-0.15, -0.1) is 0 Å². The number of ether oxygens (including phenoxy) is 4. The Morgan fingerprint density at radius 1 is 0.594 bits per heavy atom. The van der Waals surface area contributed by atoms with Crippen LogP contribution < -0.4 is 15.5 Å². The van der Waals surface area contributed by atoms with Gasteiger partial charge < -0.3 is 34.5 Å². The summed E-state index contributed by atoms with van der Waals surface area (Å²) in [4.78, 5) is 4.72. The van der Waals surface area contributed by atoms with Crippen LogP contribution in [0, 0.1) is 0 Å². The molecule has 2 aromatic carbocycles. The van der Waals surface area contributed by atoms with Crippen LogP contribution in [-0.2, 0) is 18.9 Å². The van der Waals surface area contributed by atoms with E-state index in [1.165, 1.54) is 11.4 Å². The van der Waals surface area contributed by atoms with Crippen molar-refractivity contribution in [3.63, 3.8) is 0 Å². The Balaban J connectivity index is 1.12. The van der Waals surface area contributed by atoms with Crippen LogP contribution >= 0.6 is 0 Å². The van der Waals surface area contributed by atoms with Gasteiger partial charge in [0.1, 0.15) is 0 Å². The summed E-state index contributed by atoms with van der Waals surface area (Å²) in [6, 6.07) is 17.1. The summed E-state index contributed by atoms with van der Waals surface area (Å²) in [6.07, 6.45) is 1.41. The molecular weight excluding hydrogens is 406 g/mol. The first-order valence-corrected chi connectivity index (χ1v) is 11.6. The maximum absolute atomic E-state index is 6.62. The molecule has 4 aliphatic heterocycles. The number of hydrogen-bond donors (Lipinski definition) is 1. The molecule has 0 bridgehead atoms. The van der Waals surface area contributed by atoms with Crippen LogP contribution in [0.3, 0.4) is 0 Å². The lowest BCUT2D eigenvalue weighted by molar-refractivity contribution is 0.388. The Bertz CT molecular complexity index is 802. The van der Waals surface area contributed by atoms with Crippen LogP contribution in [0.25, 0.3) is 0 Å². The lowest BCUT2D eigenvalue weighted by atomic mass is 9.99. The molecule has 0 amide bonds. The summed E-state index contributed by atoms with van der Waals surface area (Å²) in [5.74, 6) is 0. The largest absolute Gasteiger partial charge is 0.371 e. The van der Waals surface area contributed by atoms with E-state index >= 15 is 0 Å². The van der Waals surface area contributed by atoms with Crippen molar-refractivity contribution < 1.29 is 18.9 Å². The minimum atomic E-state index is -0.155. The van der Waals surface area contributed by atoms with E-state index in [1.54, 1.807) is 0 Å². The number of anilines is 2. The third kappa shape index (κ3) is 5.24. The summed E-state index contributed by atoms with van der Waals surface area (Å²) < 4.78 is 21.8. The quantitative estimate of drug-likeness (QED) is 0.508. The van der Waals surface area contributed by atoms with Crippen LogP contribution in [0.15, 0.2) is 48.5 Å². The van der Waals surface area contributed by atoms with Gasteiger partial charge in [-0.3, -0.25) is 0 Å². The van der Waals surface area contributed by atoms with Gasteiger partial charge in [0.2, 0.25) is 0 Å². The molecule has 7 heteroatoms. The molecule has 0 aliphatic carbocycles. The zero-order chi connectivity index (χ0) is 21.5. The molecule has 0 aromatic heterocycles. The first-order valence-electron chi connectivity index (χ1n) is 11.6. The SMILES string of the molecule is NC(c1ccc(N(CC2CO2)CC2CO2)cc1)c1ccc(N(CC2CO2)CC2CO2)cc1. The molecule has 4 fully saturated rings. The van der Waals surface area contributed by atoms with E-state index in [0.29, 0.717) is 24.4 Å². The van der Waals surface area contributed by atoms with Gasteiger partial charge in [0.05, 0.1) is 56.9 Å². The minimum absolute atomic E-state index is 0.155. The highest BCUT2D eigenvalue weighted by atomic mass is 16.6. The van der Waals surface area contributed by atoms with Crippen molar-refractivity contribution in [1.29, 1.82) is 0 Å². The minimum Gasteiger partial charge on any atom is -0.371 e. The lowest BCUT2D eigenvalue weighted by Crippen LogP contribution is -2.31. The standard InChI is InChI=1S/C25H31N3O4/c26-25(17-1-5-19(6-2-17)27(9-21-13-29-21)10-22-14-30-22)18-3-7-20(8-4-18)28(11-23-15-31-23)12-24-16-32-24/h1-8,21-25H,9-16,26H2. The molecule has 4 saturated heterocycles. The molecule has 0 saturated carbocycles. The van der Waals surface area contributed by atoms with Crippen molar-refractivity contribution in [2.75, 3.05) is 62.4 Å². The molecule has 4 heterocycles. The van der Waals surface area contributed by atoms with Crippen molar-refractivity contribution in [1.82, 2.24) is 0 Å². The second-order valence-corrected chi connectivity index (χ2v) is 9.29. The van der Waals surface area contributed by atoms with Gasteiger partial charge in [-0.05, 0) is 35.4 Å². The molecule has 6 rings (SSSR count). The average Bonchev–Trinajstić information content (AvgIpc) is 3.63. The predicted molar refractivity (Wildman–Crippen MR) is 122 cm³/mol. The summed E-state index contributed by atoms with van der Waals surface area (Å²) in [5, 5.41) is 0. The zero-order valence-corrected chi connectivity index (χ0v) is 18.3. The highest BCUT2D eigenvalue weighted by molar-refractivity contribution is 5.52. The highest BCUT2D eigenvalue weighted by Crippen LogP contribution is 2.28. The summed E-state index contributed by atoms with van der Waals surface area (Å²) >= 11 is 0. The molecule has 32 heavy (non-hydrogen) atoms. The van der Waals surface area contributed by atoms with Crippen LogP contribution in [0.1, 0.15) is 17.2 Å². The van der Waals surface area contributed by atoms with E-state index in [0.717, 1.165) is 63.7 Å². The van der Waals surface area contributed by atoms with Crippen molar-refractivity contribution in [3.8, 4) is 0 Å². The van der Waals surface area contributed by atoms with Crippen LogP contribution in [-0.4, -0.2) is 77.0 Å². The third-order valence-corrected chi connectivity index (χ3v) is 6.54. The van der Waals surface area contributed by atoms with Crippen molar-refractivity contribution in [3.05, 3.63) is 59.7 Å². The number of nitrogens with two attached hydrogens (primary N) is 1. The van der Waals surface area contributed by atoms with Crippen LogP contribution in [0.2, 0.25) is 0 Å². The fourth-order valence-electron chi connectivity index (χ4n) is 4.23. The molecule has 2 aromatic rings. The van der Waals surface area contributed by atoms with Gasteiger partial charge in [-0.1, -0.05) is 24.3 Å². The molecule has 0 spiro atoms. The van der Waals surface area contributed by atoms with Gasteiger partial charge >= 0.3 is 0 Å². The normalized spacial score (nSPS) is 28.2. The third-order valence-electron chi connectivity index (χ3n) is 6.54. The van der Waals surface area contributed by atoms with Gasteiger partial charge in [-0.25, -0.2) is 0 Å². The highest BCUT2D eigenvalue weighted by Gasteiger charge is 2.32. The molecule has 4 aliphatic rings. The second kappa shape index (κ2) is 8.65. The lowest BCUT2D eigenvalue weighted by Gasteiger charge is -2.25. The maximum Gasteiger partial charge on any atom is 0.0984 e. The number of nitrogens with zero attached hydrogens (tertiary/aromatic N) is 2. The van der Waals surface area contributed by atoms with E-state index in [-0.39, 0.29) is 6.04 Å². The molecule has 2 N–H and O–H groups in total. The van der Waals surface area contributed by atoms with Gasteiger partial charge in [0.25, 0.3) is 0 Å². The van der Waals surface area contributed by atoms with E-state index in [2.05, 4.69) is 58.3 Å². The number of hydrogen-bond acceptors (Lipinski definition) is 7. The van der Waals surface area contributed by atoms with Crippen LogP contribution in [0.5, 0.6) is 0 Å². The van der Waals surface area contributed by atoms with E-state index in [9.17, 15) is 0 Å². The fraction of sp³-hybridized carbons (Fsp3) is 0.520. The Hall–Kier alpha value is -2.16. The Morgan fingerprint density at radius 3 is 1.12 bits per heavy atom. The number of rotatable bonds is 12. The molecule has 0 radical (unpaired) electrons. The zero-order valence-electron chi connectivity index (χ0n) is 18.3. The molecule has 170 valence electrons. The van der Waals surface area contributed by atoms with Gasteiger partial charge in [0, 0.05) is 37.6 Å². The van der Waals surface area contributed by atoms with E-state index < -0.39 is 0 Å². The van der Waals surface area contributed by atoms with Crippen molar-refractivity contribution in [2.45, 2.75) is 30.5 Å². The summed E-state index contributed by atoms with van der Waals surface area (Å²) in [5.41, 5.74) is 11.2. The van der Waals surface area contributed by atoms with Crippen molar-refractivity contribution in [2.24, 2.45) is 5.73 Å². The van der Waals surface area contributed by atoms with E-state index in [4.69, 9.17) is 24.7 Å². The Labute approximate surface area is 189 Å². The average molecular weight is 438 g/mol. The Kier molecular flexibility index (Phi) is 5.53. The summed E-state index contributed by atoms with van der Waals surface area (Å²) in [7, 11) is 0. The second-order valence-electron chi connectivity index (χ2n) is 9.29. The smallest absolute Gasteiger partial charge is 0.0984 e. The first-order chi connectivity index (χ1) is 15.7. The fourth-order valence-corrected chi connectivity index (χ4v) is 4.23. The predicted octanol–water partition coefficient (Wildman–Crippen LogP) is 1.94. The van der Waals surface area contributed by atoms with E-state index in [1.807, 2.05) is 0 Å². The summed E-state index contributed by atoms with van der Waals surface area (Å²) in [6.45, 7) is 7.11. The van der Waals surface area contributed by atoms with Gasteiger partial charge in [0.15, 0.2) is 0 Å². The Morgan fingerprint density at radius 2 is 0.875 bits per heavy atom. The topological polar surface area (TPSA) is 82.6 Å². The molecular formula is C25H31N3O4. The maximum atomic E-state index is 6.62. The monoisotopic (exact) mass is 437 g/mol. The van der Waals surface area contributed by atoms with Crippen LogP contribution in [0.4, 0.5) is 11.4 Å². The first kappa shape index (κ1) is 20.4. The van der Waals surface area contributed by atoms with Gasteiger partial charge in [-0.2, -0.15) is 0 Å². The number of benzene rings is 2. The molecule has 4 atom stereocenters.